The number of benzene rings is 1. The summed E-state index contributed by atoms with van der Waals surface area (Å²) in [5.74, 6) is -1.39. The zero-order valence-corrected chi connectivity index (χ0v) is 11.5. The van der Waals surface area contributed by atoms with E-state index in [1.165, 1.54) is 0 Å². The van der Waals surface area contributed by atoms with Crippen molar-refractivity contribution in [3.8, 4) is 0 Å². The zero-order chi connectivity index (χ0) is 15.6. The van der Waals surface area contributed by atoms with Crippen molar-refractivity contribution in [2.75, 3.05) is 26.2 Å². The summed E-state index contributed by atoms with van der Waals surface area (Å²) < 4.78 is 56.5. The van der Waals surface area contributed by atoms with E-state index in [9.17, 15) is 22.7 Å². The fourth-order valence-corrected chi connectivity index (χ4v) is 2.37. The third-order valence-electron chi connectivity index (χ3n) is 3.62. The molecule has 0 radical (unpaired) electrons. The number of nitrogens with zero attached hydrogens (tertiary/aromatic N) is 1. The Morgan fingerprint density at radius 1 is 1.43 bits per heavy atom. The normalized spacial score (nSPS) is 22.3. The molecule has 2 unspecified atom stereocenters. The highest BCUT2D eigenvalue weighted by Crippen LogP contribution is 2.33. The van der Waals surface area contributed by atoms with E-state index >= 15 is 0 Å². The Balaban J connectivity index is 2.16. The van der Waals surface area contributed by atoms with Crippen LogP contribution < -0.4 is 0 Å². The van der Waals surface area contributed by atoms with Gasteiger partial charge in [-0.3, -0.25) is 4.90 Å². The van der Waals surface area contributed by atoms with Gasteiger partial charge >= 0.3 is 6.18 Å². The fourth-order valence-electron chi connectivity index (χ4n) is 2.37. The van der Waals surface area contributed by atoms with Gasteiger partial charge in [0.1, 0.15) is 18.0 Å². The first-order valence-electron chi connectivity index (χ1n) is 6.71. The van der Waals surface area contributed by atoms with Crippen LogP contribution in [0.4, 0.5) is 17.6 Å². The molecule has 0 spiro atoms. The van der Waals surface area contributed by atoms with Gasteiger partial charge in [0.25, 0.3) is 0 Å². The number of aliphatic hydroxyl groups is 1. The molecule has 0 amide bonds. The lowest BCUT2D eigenvalue weighted by Gasteiger charge is -2.34. The number of alkyl halides is 3. The van der Waals surface area contributed by atoms with E-state index in [1.807, 2.05) is 6.92 Å². The van der Waals surface area contributed by atoms with Crippen molar-refractivity contribution in [2.24, 2.45) is 0 Å². The summed E-state index contributed by atoms with van der Waals surface area (Å²) in [4.78, 5) is 2.05. The summed E-state index contributed by atoms with van der Waals surface area (Å²) in [5, 5.41) is 10.2. The average Bonchev–Trinajstić information content (AvgIpc) is 2.45. The highest BCUT2D eigenvalue weighted by atomic mass is 19.4. The third kappa shape index (κ3) is 3.72. The lowest BCUT2D eigenvalue weighted by molar-refractivity contribution is -0.140. The van der Waals surface area contributed by atoms with Gasteiger partial charge in [0.05, 0.1) is 12.2 Å². The Morgan fingerprint density at radius 2 is 2.14 bits per heavy atom. The van der Waals surface area contributed by atoms with E-state index in [2.05, 4.69) is 4.90 Å². The third-order valence-corrected chi connectivity index (χ3v) is 3.62. The molecule has 1 aliphatic heterocycles. The summed E-state index contributed by atoms with van der Waals surface area (Å²) in [7, 11) is 0. The van der Waals surface area contributed by atoms with Gasteiger partial charge in [-0.05, 0) is 24.2 Å². The number of aliphatic hydroxyl groups excluding tert-OH is 1. The fraction of sp³-hybridized carbons (Fsp3) is 0.571. The summed E-state index contributed by atoms with van der Waals surface area (Å²) in [5.41, 5.74) is -1.25. The van der Waals surface area contributed by atoms with Crippen LogP contribution >= 0.6 is 0 Å². The first kappa shape index (κ1) is 16.2. The van der Waals surface area contributed by atoms with Crippen molar-refractivity contribution >= 4 is 0 Å². The molecular weight excluding hydrogens is 290 g/mol. The number of ether oxygens (including phenoxy) is 1. The molecule has 0 aromatic heterocycles. The maximum absolute atomic E-state index is 13.5. The Morgan fingerprint density at radius 3 is 2.71 bits per heavy atom. The van der Waals surface area contributed by atoms with Crippen LogP contribution in [0.5, 0.6) is 0 Å². The van der Waals surface area contributed by atoms with Crippen molar-refractivity contribution in [2.45, 2.75) is 25.3 Å². The molecule has 1 aromatic carbocycles. The Bertz CT molecular complexity index is 492. The second-order valence-electron chi connectivity index (χ2n) is 4.98. The second kappa shape index (κ2) is 6.29. The number of halogens is 4. The predicted molar refractivity (Wildman–Crippen MR) is 68.2 cm³/mol. The topological polar surface area (TPSA) is 32.7 Å². The lowest BCUT2D eigenvalue weighted by Crippen LogP contribution is -2.44. The van der Waals surface area contributed by atoms with E-state index in [0.29, 0.717) is 19.2 Å². The Hall–Kier alpha value is -1.18. The molecule has 0 aliphatic carbocycles. The summed E-state index contributed by atoms with van der Waals surface area (Å²) >= 11 is 0. The largest absolute Gasteiger partial charge is 0.419 e. The van der Waals surface area contributed by atoms with Crippen LogP contribution in [0.15, 0.2) is 18.2 Å². The number of morpholine rings is 1. The molecule has 2 rings (SSSR count). The second-order valence-corrected chi connectivity index (χ2v) is 4.98. The van der Waals surface area contributed by atoms with Gasteiger partial charge in [-0.15, -0.1) is 0 Å². The zero-order valence-electron chi connectivity index (χ0n) is 11.5. The molecule has 3 nitrogen and oxygen atoms in total. The van der Waals surface area contributed by atoms with Crippen molar-refractivity contribution < 1.29 is 27.4 Å². The molecule has 7 heteroatoms. The van der Waals surface area contributed by atoms with Crippen molar-refractivity contribution in [3.05, 3.63) is 35.1 Å². The highest BCUT2D eigenvalue weighted by Gasteiger charge is 2.35. The molecule has 1 aromatic rings. The number of hydrogen-bond acceptors (Lipinski definition) is 3. The van der Waals surface area contributed by atoms with Gasteiger partial charge in [0.15, 0.2) is 0 Å². The quantitative estimate of drug-likeness (QED) is 0.871. The van der Waals surface area contributed by atoms with Crippen LogP contribution in [0.1, 0.15) is 24.2 Å². The molecule has 21 heavy (non-hydrogen) atoms. The number of likely N-dealkylation sites (N-methyl/N-ethyl adjacent to an activating group) is 1. The molecule has 0 bridgehead atoms. The van der Waals surface area contributed by atoms with Gasteiger partial charge in [-0.1, -0.05) is 13.0 Å². The van der Waals surface area contributed by atoms with Crippen LogP contribution in [-0.4, -0.2) is 42.4 Å². The lowest BCUT2D eigenvalue weighted by atomic mass is 10.0. The van der Waals surface area contributed by atoms with Crippen LogP contribution in [0.2, 0.25) is 0 Å². The Kier molecular flexibility index (Phi) is 4.85. The van der Waals surface area contributed by atoms with Crippen LogP contribution in [-0.2, 0) is 10.9 Å². The molecule has 118 valence electrons. The monoisotopic (exact) mass is 307 g/mol. The highest BCUT2D eigenvalue weighted by molar-refractivity contribution is 5.28. The minimum absolute atomic E-state index is 0.0865. The van der Waals surface area contributed by atoms with Gasteiger partial charge in [-0.2, -0.15) is 13.2 Å². The van der Waals surface area contributed by atoms with Crippen LogP contribution in [0.3, 0.4) is 0 Å². The van der Waals surface area contributed by atoms with Crippen LogP contribution in [0.25, 0.3) is 0 Å². The summed E-state index contributed by atoms with van der Waals surface area (Å²) in [6.45, 7) is 4.38. The number of rotatable bonds is 3. The maximum Gasteiger partial charge on any atom is 0.419 e. The summed E-state index contributed by atoms with van der Waals surface area (Å²) in [6.07, 6.45) is -6.47. The predicted octanol–water partition coefficient (Wildman–Crippen LogP) is 2.60. The first-order chi connectivity index (χ1) is 9.82. The molecule has 2 atom stereocenters. The average molecular weight is 307 g/mol. The first-order valence-corrected chi connectivity index (χ1v) is 6.71. The molecule has 1 heterocycles. The van der Waals surface area contributed by atoms with Crippen molar-refractivity contribution in [1.82, 2.24) is 4.90 Å². The smallest absolute Gasteiger partial charge is 0.386 e. The molecular formula is C14H17F4NO2. The van der Waals surface area contributed by atoms with Gasteiger partial charge < -0.3 is 9.84 Å². The van der Waals surface area contributed by atoms with Crippen molar-refractivity contribution in [1.29, 1.82) is 0 Å². The molecule has 1 fully saturated rings. The van der Waals surface area contributed by atoms with E-state index in [4.69, 9.17) is 4.74 Å². The molecule has 1 saturated heterocycles. The van der Waals surface area contributed by atoms with Crippen LogP contribution in [0, 0.1) is 5.82 Å². The minimum Gasteiger partial charge on any atom is -0.386 e. The summed E-state index contributed by atoms with van der Waals surface area (Å²) in [6, 6.07) is 2.46. The number of hydrogen-bond donors (Lipinski definition) is 1. The van der Waals surface area contributed by atoms with Gasteiger partial charge in [0.2, 0.25) is 0 Å². The van der Waals surface area contributed by atoms with E-state index in [0.717, 1.165) is 25.2 Å². The molecule has 1 N–H and O–H groups in total. The molecule has 0 saturated carbocycles. The SMILES string of the molecule is CCN1CCOC(C(O)c2ccc(C(F)(F)F)c(F)c2)C1. The maximum atomic E-state index is 13.5. The van der Waals surface area contributed by atoms with Crippen molar-refractivity contribution in [3.63, 3.8) is 0 Å². The van der Waals surface area contributed by atoms with E-state index < -0.39 is 29.8 Å². The standard InChI is InChI=1S/C14H17F4NO2/c1-2-19-5-6-21-12(8-19)13(20)9-3-4-10(11(15)7-9)14(16,17)18/h3-4,7,12-13,20H,2,5-6,8H2,1H3. The van der Waals surface area contributed by atoms with Gasteiger partial charge in [-0.25, -0.2) is 4.39 Å². The van der Waals surface area contributed by atoms with E-state index in [1.54, 1.807) is 0 Å². The molecule has 1 aliphatic rings. The van der Waals surface area contributed by atoms with E-state index in [-0.39, 0.29) is 5.56 Å². The van der Waals surface area contributed by atoms with Gasteiger partial charge in [0, 0.05) is 13.1 Å². The Labute approximate surface area is 120 Å². The minimum atomic E-state index is -4.74.